The third-order valence-corrected chi connectivity index (χ3v) is 5.50. The second-order valence-electron chi connectivity index (χ2n) is 7.58. The molecule has 7 heteroatoms. The van der Waals surface area contributed by atoms with Crippen molar-refractivity contribution in [2.24, 2.45) is 0 Å². The molecule has 1 fully saturated rings. The molecule has 32 heavy (non-hydrogen) atoms. The lowest BCUT2D eigenvalue weighted by Crippen LogP contribution is -2.49. The van der Waals surface area contributed by atoms with Crippen LogP contribution < -0.4 is 9.47 Å². The number of carbonyl (C=O) groups is 1. The lowest BCUT2D eigenvalue weighted by atomic mass is 10.1. The van der Waals surface area contributed by atoms with Gasteiger partial charge in [0.05, 0.1) is 11.6 Å². The summed E-state index contributed by atoms with van der Waals surface area (Å²) in [7, 11) is 0. The number of aromatic nitrogens is 3. The van der Waals surface area contributed by atoms with E-state index < -0.39 is 0 Å². The Morgan fingerprint density at radius 2 is 1.78 bits per heavy atom. The Labute approximate surface area is 185 Å². The van der Waals surface area contributed by atoms with Crippen molar-refractivity contribution in [3.63, 3.8) is 0 Å². The predicted octanol–water partition coefficient (Wildman–Crippen LogP) is 4.37. The Balaban J connectivity index is 1.30. The molecule has 0 unspecified atom stereocenters. The van der Waals surface area contributed by atoms with Crippen LogP contribution >= 0.6 is 0 Å². The number of ether oxygens (including phenoxy) is 2. The summed E-state index contributed by atoms with van der Waals surface area (Å²) in [6.45, 7) is 5.30. The number of carbonyl (C=O) groups excluding carboxylic acids is 1. The highest BCUT2D eigenvalue weighted by molar-refractivity contribution is 5.88. The quantitative estimate of drug-likeness (QED) is 0.411. The monoisotopic (exact) mass is 426 g/mol. The Morgan fingerprint density at radius 3 is 2.53 bits per heavy atom. The predicted molar refractivity (Wildman–Crippen MR) is 121 cm³/mol. The van der Waals surface area contributed by atoms with Crippen molar-refractivity contribution in [1.82, 2.24) is 19.4 Å². The second-order valence-corrected chi connectivity index (χ2v) is 7.58. The first-order valence-corrected chi connectivity index (χ1v) is 10.4. The van der Waals surface area contributed by atoms with Crippen LogP contribution in [0.4, 0.5) is 0 Å². The first kappa shape index (κ1) is 19.8. The molecule has 0 saturated carbocycles. The average molecular weight is 426 g/mol. The molecule has 0 atom stereocenters. The van der Waals surface area contributed by atoms with E-state index in [1.54, 1.807) is 4.90 Å². The fourth-order valence-corrected chi connectivity index (χ4v) is 3.74. The summed E-state index contributed by atoms with van der Waals surface area (Å²) in [4.78, 5) is 22.2. The van der Waals surface area contributed by atoms with Crippen molar-refractivity contribution in [1.29, 1.82) is 0 Å². The fourth-order valence-electron chi connectivity index (χ4n) is 3.74. The number of fused-ring (bicyclic) bond motifs is 1. The van der Waals surface area contributed by atoms with E-state index in [1.807, 2.05) is 66.9 Å². The summed E-state index contributed by atoms with van der Waals surface area (Å²) in [5.74, 6) is 1.84. The van der Waals surface area contributed by atoms with E-state index in [9.17, 15) is 4.79 Å². The number of amides is 1. The maximum Gasteiger partial charge on any atom is 0.247 e. The molecule has 2 aromatic heterocycles. The first-order valence-electron chi connectivity index (χ1n) is 10.4. The topological polar surface area (TPSA) is 69.5 Å². The normalized spacial score (nSPS) is 13.6. The van der Waals surface area contributed by atoms with Crippen LogP contribution in [0.1, 0.15) is 11.6 Å². The zero-order valence-corrected chi connectivity index (χ0v) is 17.4. The van der Waals surface area contributed by atoms with Crippen LogP contribution in [0.2, 0.25) is 0 Å². The minimum absolute atomic E-state index is 0.0555. The lowest BCUT2D eigenvalue weighted by molar-refractivity contribution is -0.131. The summed E-state index contributed by atoms with van der Waals surface area (Å²) in [5.41, 5.74) is 2.72. The Hall–Kier alpha value is -4.13. The van der Waals surface area contributed by atoms with Gasteiger partial charge in [0.25, 0.3) is 0 Å². The molecule has 0 spiro atoms. The zero-order chi connectivity index (χ0) is 21.9. The molecule has 0 aliphatic carbocycles. The van der Waals surface area contributed by atoms with Gasteiger partial charge in [-0.3, -0.25) is 4.79 Å². The summed E-state index contributed by atoms with van der Waals surface area (Å²) < 4.78 is 14.0. The third kappa shape index (κ3) is 3.92. The highest BCUT2D eigenvalue weighted by Crippen LogP contribution is 2.33. The van der Waals surface area contributed by atoms with Gasteiger partial charge in [-0.25, -0.2) is 4.98 Å². The first-order chi connectivity index (χ1) is 15.7. The molecule has 1 aliphatic heterocycles. The van der Waals surface area contributed by atoms with E-state index in [0.717, 1.165) is 22.3 Å². The van der Waals surface area contributed by atoms with Crippen LogP contribution in [0.3, 0.4) is 0 Å². The number of likely N-dealkylation sites (tertiary alicyclic amines) is 1. The second kappa shape index (κ2) is 8.55. The average Bonchev–Trinajstić information content (AvgIpc) is 3.23. The molecule has 7 nitrogen and oxygen atoms in total. The van der Waals surface area contributed by atoms with Crippen molar-refractivity contribution < 1.29 is 14.3 Å². The molecular weight excluding hydrogens is 404 g/mol. The highest BCUT2D eigenvalue weighted by Gasteiger charge is 2.32. The maximum atomic E-state index is 11.8. The molecule has 5 rings (SSSR count). The molecule has 0 N–H and O–H groups in total. The number of hydrogen-bond acceptors (Lipinski definition) is 5. The molecule has 160 valence electrons. The van der Waals surface area contributed by atoms with Crippen LogP contribution in [0.25, 0.3) is 11.0 Å². The lowest BCUT2D eigenvalue weighted by Gasteiger charge is -2.39. The van der Waals surface area contributed by atoms with Gasteiger partial charge in [0.2, 0.25) is 11.8 Å². The van der Waals surface area contributed by atoms with Gasteiger partial charge >= 0.3 is 0 Å². The zero-order valence-electron chi connectivity index (χ0n) is 17.4. The SMILES string of the molecule is C=CC(=O)N1CC(n2ccc3ncnc(Oc4ccc(OCc5ccccc5)cc4)c32)C1. The van der Waals surface area contributed by atoms with E-state index in [0.29, 0.717) is 31.3 Å². The minimum atomic E-state index is -0.0555. The summed E-state index contributed by atoms with van der Waals surface area (Å²) in [5, 5.41) is 0. The van der Waals surface area contributed by atoms with Gasteiger partial charge in [-0.2, -0.15) is 4.98 Å². The molecule has 0 bridgehead atoms. The number of rotatable bonds is 7. The van der Waals surface area contributed by atoms with Crippen molar-refractivity contribution >= 4 is 16.9 Å². The molecule has 1 aliphatic rings. The van der Waals surface area contributed by atoms with Crippen molar-refractivity contribution in [2.45, 2.75) is 12.6 Å². The van der Waals surface area contributed by atoms with E-state index in [2.05, 4.69) is 21.1 Å². The Kier molecular flexibility index (Phi) is 5.29. The van der Waals surface area contributed by atoms with Crippen LogP contribution in [-0.4, -0.2) is 38.4 Å². The minimum Gasteiger partial charge on any atom is -0.489 e. The van der Waals surface area contributed by atoms with Crippen molar-refractivity contribution in [2.75, 3.05) is 13.1 Å². The Bertz CT molecular complexity index is 1250. The van der Waals surface area contributed by atoms with E-state index in [-0.39, 0.29) is 11.9 Å². The van der Waals surface area contributed by atoms with Gasteiger partial charge in [-0.1, -0.05) is 36.9 Å². The summed E-state index contributed by atoms with van der Waals surface area (Å²) in [6.07, 6.45) is 4.80. The van der Waals surface area contributed by atoms with E-state index in [4.69, 9.17) is 9.47 Å². The van der Waals surface area contributed by atoms with Crippen LogP contribution in [0, 0.1) is 0 Å². The largest absolute Gasteiger partial charge is 0.489 e. The van der Waals surface area contributed by atoms with Crippen LogP contribution in [-0.2, 0) is 11.4 Å². The number of nitrogens with zero attached hydrogens (tertiary/aromatic N) is 4. The van der Waals surface area contributed by atoms with Crippen molar-refractivity contribution in [3.8, 4) is 17.4 Å². The Morgan fingerprint density at radius 1 is 1.03 bits per heavy atom. The molecular formula is C25H22N4O3. The van der Waals surface area contributed by atoms with Gasteiger partial charge in [0, 0.05) is 19.3 Å². The number of hydrogen-bond donors (Lipinski definition) is 0. The number of benzene rings is 2. The maximum absolute atomic E-state index is 11.8. The van der Waals surface area contributed by atoms with Gasteiger partial charge in [-0.05, 0) is 42.0 Å². The smallest absolute Gasteiger partial charge is 0.247 e. The van der Waals surface area contributed by atoms with Crippen LogP contribution in [0.5, 0.6) is 17.4 Å². The highest BCUT2D eigenvalue weighted by atomic mass is 16.5. The van der Waals surface area contributed by atoms with Gasteiger partial charge < -0.3 is 18.9 Å². The molecule has 1 amide bonds. The molecule has 1 saturated heterocycles. The summed E-state index contributed by atoms with van der Waals surface area (Å²) >= 11 is 0. The van der Waals surface area contributed by atoms with E-state index in [1.165, 1.54) is 12.4 Å². The van der Waals surface area contributed by atoms with E-state index >= 15 is 0 Å². The molecule has 2 aromatic carbocycles. The molecule has 4 aromatic rings. The summed E-state index contributed by atoms with van der Waals surface area (Å²) in [6, 6.07) is 19.6. The van der Waals surface area contributed by atoms with Crippen LogP contribution in [0.15, 0.2) is 85.8 Å². The molecule has 3 heterocycles. The molecule has 0 radical (unpaired) electrons. The van der Waals surface area contributed by atoms with Gasteiger partial charge in [0.15, 0.2) is 0 Å². The van der Waals surface area contributed by atoms with Crippen molar-refractivity contribution in [3.05, 3.63) is 91.4 Å². The fraction of sp³-hybridized carbons (Fsp3) is 0.160. The van der Waals surface area contributed by atoms with Gasteiger partial charge in [-0.15, -0.1) is 0 Å². The standard InChI is InChI=1S/C25H22N4O3/c1-2-23(30)28-14-19(15-28)29-13-12-22-24(29)25(27-17-26-22)32-21-10-8-20(9-11-21)31-16-18-6-4-3-5-7-18/h2-13,17,19H,1,14-16H2. The third-order valence-electron chi connectivity index (χ3n) is 5.50. The van der Waals surface area contributed by atoms with Gasteiger partial charge in [0.1, 0.15) is 29.9 Å².